The van der Waals surface area contributed by atoms with Crippen LogP contribution in [0.2, 0.25) is 0 Å². The first kappa shape index (κ1) is 16.6. The molecule has 3 heterocycles. The van der Waals surface area contributed by atoms with Gasteiger partial charge in [-0.05, 0) is 32.0 Å². The summed E-state index contributed by atoms with van der Waals surface area (Å²) in [5.41, 5.74) is -0.180. The van der Waals surface area contributed by atoms with Crippen LogP contribution in [0.4, 0.5) is 0 Å². The smallest absolute Gasteiger partial charge is 0.339 e. The van der Waals surface area contributed by atoms with Gasteiger partial charge in [-0.15, -0.1) is 0 Å². The number of aromatic nitrogens is 4. The van der Waals surface area contributed by atoms with Crippen LogP contribution in [0.15, 0.2) is 40.1 Å². The number of esters is 1. The minimum atomic E-state index is -0.673. The third-order valence-corrected chi connectivity index (χ3v) is 3.69. The highest BCUT2D eigenvalue weighted by atomic mass is 16.5. The summed E-state index contributed by atoms with van der Waals surface area (Å²) in [6.45, 7) is 3.87. The summed E-state index contributed by atoms with van der Waals surface area (Å²) >= 11 is 0. The van der Waals surface area contributed by atoms with E-state index in [1.54, 1.807) is 38.2 Å². The molecule has 8 nitrogen and oxygen atoms in total. The van der Waals surface area contributed by atoms with Gasteiger partial charge in [0.2, 0.25) is 0 Å². The fraction of sp³-hybridized carbons (Fsp3) is 0.235. The summed E-state index contributed by atoms with van der Waals surface area (Å²) in [5, 5.41) is 0.0274. The predicted molar refractivity (Wildman–Crippen MR) is 91.5 cm³/mol. The molecular formula is C17H16N4O4. The number of aryl methyl sites for hydroxylation is 1. The van der Waals surface area contributed by atoms with E-state index in [1.165, 1.54) is 10.6 Å². The van der Waals surface area contributed by atoms with Crippen molar-refractivity contribution in [3.63, 3.8) is 0 Å². The maximum Gasteiger partial charge on any atom is 0.339 e. The van der Waals surface area contributed by atoms with Gasteiger partial charge in [0, 0.05) is 12.7 Å². The van der Waals surface area contributed by atoms with Gasteiger partial charge in [-0.25, -0.2) is 14.6 Å². The van der Waals surface area contributed by atoms with Gasteiger partial charge in [-0.1, -0.05) is 6.07 Å². The minimum absolute atomic E-state index is 0.0274. The summed E-state index contributed by atoms with van der Waals surface area (Å²) in [6.07, 6.45) is 1.59. The molecule has 0 amide bonds. The standard InChI is InChI=1S/C17H16N4O4/c1-3-21-14-13(15(22)20-17(21)24)10(16(23)25-4-2)9-12(19-14)11-7-5-6-8-18-11/h5-9H,3-4H2,1-2H3,(H,20,22,24). The number of hydrogen-bond acceptors (Lipinski definition) is 6. The molecule has 128 valence electrons. The molecule has 25 heavy (non-hydrogen) atoms. The molecule has 0 saturated carbocycles. The SMILES string of the molecule is CCOC(=O)c1cc(-c2ccccn2)nc2c1c(=O)[nH]c(=O)n2CC. The lowest BCUT2D eigenvalue weighted by molar-refractivity contribution is 0.0528. The van der Waals surface area contributed by atoms with E-state index in [0.29, 0.717) is 11.4 Å². The lowest BCUT2D eigenvalue weighted by Crippen LogP contribution is -2.31. The molecule has 3 aromatic rings. The fourth-order valence-corrected chi connectivity index (χ4v) is 2.58. The number of carbonyl (C=O) groups excluding carboxylic acids is 1. The quantitative estimate of drug-likeness (QED) is 0.718. The molecule has 0 saturated heterocycles. The van der Waals surface area contributed by atoms with E-state index >= 15 is 0 Å². The topological polar surface area (TPSA) is 107 Å². The summed E-state index contributed by atoms with van der Waals surface area (Å²) < 4.78 is 6.36. The van der Waals surface area contributed by atoms with Gasteiger partial charge in [-0.2, -0.15) is 0 Å². The summed E-state index contributed by atoms with van der Waals surface area (Å²) in [6, 6.07) is 6.72. The van der Waals surface area contributed by atoms with Crippen molar-refractivity contribution in [2.24, 2.45) is 0 Å². The number of ether oxygens (including phenoxy) is 1. The second-order valence-electron chi connectivity index (χ2n) is 5.19. The maximum atomic E-state index is 12.4. The first-order valence-corrected chi connectivity index (χ1v) is 7.83. The molecule has 0 atom stereocenters. The third kappa shape index (κ3) is 2.93. The predicted octanol–water partition coefficient (Wildman–Crippen LogP) is 1.34. The number of nitrogens with one attached hydrogen (secondary N) is 1. The van der Waals surface area contributed by atoms with Crippen molar-refractivity contribution < 1.29 is 9.53 Å². The Labute approximate surface area is 142 Å². The molecule has 0 aliphatic rings. The number of aromatic amines is 1. The Morgan fingerprint density at radius 2 is 2.04 bits per heavy atom. The van der Waals surface area contributed by atoms with Crippen molar-refractivity contribution in [3.8, 4) is 11.4 Å². The lowest BCUT2D eigenvalue weighted by atomic mass is 10.1. The van der Waals surface area contributed by atoms with Gasteiger partial charge < -0.3 is 4.74 Å². The molecule has 0 aromatic carbocycles. The number of carbonyl (C=O) groups is 1. The van der Waals surface area contributed by atoms with E-state index in [1.807, 2.05) is 0 Å². The van der Waals surface area contributed by atoms with Crippen molar-refractivity contribution in [2.45, 2.75) is 20.4 Å². The van der Waals surface area contributed by atoms with Crippen LogP contribution in [0.1, 0.15) is 24.2 Å². The van der Waals surface area contributed by atoms with Crippen molar-refractivity contribution in [2.75, 3.05) is 6.61 Å². The van der Waals surface area contributed by atoms with Crippen molar-refractivity contribution in [1.29, 1.82) is 0 Å². The van der Waals surface area contributed by atoms with Gasteiger partial charge in [0.25, 0.3) is 5.56 Å². The molecule has 0 fully saturated rings. The summed E-state index contributed by atoms with van der Waals surface area (Å²) in [5.74, 6) is -0.654. The second-order valence-corrected chi connectivity index (χ2v) is 5.19. The Morgan fingerprint density at radius 3 is 2.68 bits per heavy atom. The van der Waals surface area contributed by atoms with Crippen LogP contribution in [0.25, 0.3) is 22.4 Å². The van der Waals surface area contributed by atoms with Crippen molar-refractivity contribution in [3.05, 3.63) is 56.9 Å². The van der Waals surface area contributed by atoms with E-state index in [0.717, 1.165) is 0 Å². The second kappa shape index (κ2) is 6.68. The Morgan fingerprint density at radius 1 is 1.24 bits per heavy atom. The van der Waals surface area contributed by atoms with Crippen LogP contribution in [0.3, 0.4) is 0 Å². The molecular weight excluding hydrogens is 324 g/mol. The highest BCUT2D eigenvalue weighted by Crippen LogP contribution is 2.21. The van der Waals surface area contributed by atoms with Gasteiger partial charge >= 0.3 is 11.7 Å². The summed E-state index contributed by atoms with van der Waals surface area (Å²) in [7, 11) is 0. The van der Waals surface area contributed by atoms with Crippen LogP contribution < -0.4 is 11.2 Å². The number of pyridine rings is 2. The van der Waals surface area contributed by atoms with E-state index in [2.05, 4.69) is 15.0 Å². The molecule has 8 heteroatoms. The number of hydrogen-bond donors (Lipinski definition) is 1. The molecule has 0 aliphatic carbocycles. The molecule has 0 aliphatic heterocycles. The normalized spacial score (nSPS) is 10.8. The Hall–Kier alpha value is -3.29. The molecule has 0 bridgehead atoms. The van der Waals surface area contributed by atoms with E-state index < -0.39 is 17.2 Å². The minimum Gasteiger partial charge on any atom is -0.462 e. The van der Waals surface area contributed by atoms with Crippen LogP contribution >= 0.6 is 0 Å². The Bertz CT molecular complexity index is 1050. The third-order valence-electron chi connectivity index (χ3n) is 3.69. The van der Waals surface area contributed by atoms with E-state index in [4.69, 9.17) is 4.74 Å². The number of H-pyrrole nitrogens is 1. The van der Waals surface area contributed by atoms with Crippen LogP contribution in [-0.4, -0.2) is 32.1 Å². The molecule has 0 unspecified atom stereocenters. The average molecular weight is 340 g/mol. The summed E-state index contributed by atoms with van der Waals surface area (Å²) in [4.78, 5) is 47.6. The van der Waals surface area contributed by atoms with Crippen LogP contribution in [0, 0.1) is 0 Å². The van der Waals surface area contributed by atoms with Crippen LogP contribution in [-0.2, 0) is 11.3 Å². The Balaban J connectivity index is 2.44. The largest absolute Gasteiger partial charge is 0.462 e. The molecule has 1 N–H and O–H groups in total. The molecule has 3 aromatic heterocycles. The van der Waals surface area contributed by atoms with Crippen LogP contribution in [0.5, 0.6) is 0 Å². The zero-order chi connectivity index (χ0) is 18.0. The molecule has 0 radical (unpaired) electrons. The highest BCUT2D eigenvalue weighted by molar-refractivity contribution is 6.03. The zero-order valence-electron chi connectivity index (χ0n) is 13.8. The van der Waals surface area contributed by atoms with E-state index in [-0.39, 0.29) is 29.7 Å². The van der Waals surface area contributed by atoms with Gasteiger partial charge in [0.15, 0.2) is 5.65 Å². The fourth-order valence-electron chi connectivity index (χ4n) is 2.58. The van der Waals surface area contributed by atoms with Gasteiger partial charge in [0.1, 0.15) is 0 Å². The maximum absolute atomic E-state index is 12.4. The Kier molecular flexibility index (Phi) is 4.42. The van der Waals surface area contributed by atoms with E-state index in [9.17, 15) is 14.4 Å². The first-order chi connectivity index (χ1) is 12.1. The van der Waals surface area contributed by atoms with Gasteiger partial charge in [0.05, 0.1) is 28.9 Å². The molecule has 0 spiro atoms. The zero-order valence-corrected chi connectivity index (χ0v) is 13.8. The number of nitrogens with zero attached hydrogens (tertiary/aromatic N) is 3. The molecule has 3 rings (SSSR count). The van der Waals surface area contributed by atoms with Crippen molar-refractivity contribution in [1.82, 2.24) is 19.5 Å². The monoisotopic (exact) mass is 340 g/mol. The highest BCUT2D eigenvalue weighted by Gasteiger charge is 2.20. The van der Waals surface area contributed by atoms with Gasteiger partial charge in [-0.3, -0.25) is 19.3 Å². The lowest BCUT2D eigenvalue weighted by Gasteiger charge is -2.11. The first-order valence-electron chi connectivity index (χ1n) is 7.83. The van der Waals surface area contributed by atoms with Crippen molar-refractivity contribution >= 4 is 17.0 Å². The number of rotatable bonds is 4. The average Bonchev–Trinajstić information content (AvgIpc) is 2.62. The number of fused-ring (bicyclic) bond motifs is 1.